The Labute approximate surface area is 134 Å². The first-order valence-corrected chi connectivity index (χ1v) is 7.83. The number of likely N-dealkylation sites (tertiary alicyclic amines) is 1. The average Bonchev–Trinajstić information content (AvgIpc) is 2.56. The first-order valence-electron chi connectivity index (χ1n) is 7.83. The maximum atomic E-state index is 12.6. The second-order valence-electron chi connectivity index (χ2n) is 5.94. The SMILES string of the molecule is Cc1[nH]c(=O)c(C(=O)N2CCC(O)CC2)cc1-c1ccccc1. The number of H-pyrrole nitrogens is 1. The van der Waals surface area contributed by atoms with E-state index in [1.807, 2.05) is 37.3 Å². The van der Waals surface area contributed by atoms with Crippen molar-refractivity contribution in [3.8, 4) is 11.1 Å². The van der Waals surface area contributed by atoms with Gasteiger partial charge in [-0.15, -0.1) is 0 Å². The quantitative estimate of drug-likeness (QED) is 0.890. The monoisotopic (exact) mass is 312 g/mol. The number of benzene rings is 1. The number of carbonyl (C=O) groups is 1. The van der Waals surface area contributed by atoms with Crippen LogP contribution in [0.15, 0.2) is 41.2 Å². The van der Waals surface area contributed by atoms with Gasteiger partial charge in [0.05, 0.1) is 6.10 Å². The topological polar surface area (TPSA) is 73.4 Å². The molecular weight excluding hydrogens is 292 g/mol. The number of aliphatic hydroxyl groups is 1. The van der Waals surface area contributed by atoms with E-state index in [2.05, 4.69) is 4.98 Å². The molecule has 1 aromatic heterocycles. The Morgan fingerprint density at radius 2 is 1.87 bits per heavy atom. The number of hydrogen-bond acceptors (Lipinski definition) is 3. The van der Waals surface area contributed by atoms with Crippen LogP contribution in [-0.2, 0) is 0 Å². The molecule has 5 nitrogen and oxygen atoms in total. The smallest absolute Gasteiger partial charge is 0.261 e. The van der Waals surface area contributed by atoms with Gasteiger partial charge in [-0.3, -0.25) is 9.59 Å². The van der Waals surface area contributed by atoms with E-state index in [1.165, 1.54) is 0 Å². The van der Waals surface area contributed by atoms with E-state index < -0.39 is 0 Å². The van der Waals surface area contributed by atoms with Gasteiger partial charge in [0.25, 0.3) is 11.5 Å². The fourth-order valence-corrected chi connectivity index (χ4v) is 2.94. The largest absolute Gasteiger partial charge is 0.393 e. The van der Waals surface area contributed by atoms with Crippen LogP contribution in [0.4, 0.5) is 0 Å². The fourth-order valence-electron chi connectivity index (χ4n) is 2.94. The molecule has 1 saturated heterocycles. The predicted octanol–water partition coefficient (Wildman–Crippen LogP) is 1.95. The number of aromatic amines is 1. The summed E-state index contributed by atoms with van der Waals surface area (Å²) in [5.41, 5.74) is 2.35. The van der Waals surface area contributed by atoms with Crippen LogP contribution in [0.25, 0.3) is 11.1 Å². The van der Waals surface area contributed by atoms with Crippen molar-refractivity contribution in [2.75, 3.05) is 13.1 Å². The molecule has 2 N–H and O–H groups in total. The molecule has 0 saturated carbocycles. The minimum absolute atomic E-state index is 0.158. The van der Waals surface area contributed by atoms with E-state index in [1.54, 1.807) is 11.0 Å². The van der Waals surface area contributed by atoms with E-state index in [-0.39, 0.29) is 23.1 Å². The zero-order chi connectivity index (χ0) is 16.4. The second-order valence-corrected chi connectivity index (χ2v) is 5.94. The van der Waals surface area contributed by atoms with Crippen molar-refractivity contribution in [1.29, 1.82) is 0 Å². The lowest BCUT2D eigenvalue weighted by molar-refractivity contribution is 0.0545. The summed E-state index contributed by atoms with van der Waals surface area (Å²) in [7, 11) is 0. The minimum atomic E-state index is -0.363. The van der Waals surface area contributed by atoms with Crippen LogP contribution in [0.2, 0.25) is 0 Å². The van der Waals surface area contributed by atoms with E-state index in [0.717, 1.165) is 16.8 Å². The molecule has 2 aromatic rings. The number of hydrogen-bond donors (Lipinski definition) is 2. The highest BCUT2D eigenvalue weighted by Gasteiger charge is 2.24. The highest BCUT2D eigenvalue weighted by Crippen LogP contribution is 2.22. The maximum absolute atomic E-state index is 12.6. The van der Waals surface area contributed by atoms with Crippen molar-refractivity contribution < 1.29 is 9.90 Å². The number of amides is 1. The van der Waals surface area contributed by atoms with Crippen LogP contribution in [0.5, 0.6) is 0 Å². The number of aliphatic hydroxyl groups excluding tert-OH is 1. The lowest BCUT2D eigenvalue weighted by Crippen LogP contribution is -2.42. The Bertz CT molecular complexity index is 760. The number of nitrogens with one attached hydrogen (secondary N) is 1. The van der Waals surface area contributed by atoms with Crippen molar-refractivity contribution >= 4 is 5.91 Å². The Hall–Kier alpha value is -2.40. The van der Waals surface area contributed by atoms with Crippen molar-refractivity contribution in [3.63, 3.8) is 0 Å². The summed E-state index contributed by atoms with van der Waals surface area (Å²) in [5, 5.41) is 9.56. The summed E-state index contributed by atoms with van der Waals surface area (Å²) in [6, 6.07) is 11.4. The number of aromatic nitrogens is 1. The molecule has 1 fully saturated rings. The van der Waals surface area contributed by atoms with Crippen LogP contribution in [0.3, 0.4) is 0 Å². The number of piperidine rings is 1. The first kappa shape index (κ1) is 15.5. The van der Waals surface area contributed by atoms with Gasteiger partial charge in [-0.2, -0.15) is 0 Å². The van der Waals surface area contributed by atoms with Crippen LogP contribution in [-0.4, -0.2) is 40.1 Å². The molecule has 0 spiro atoms. The number of carbonyl (C=O) groups excluding carboxylic acids is 1. The van der Waals surface area contributed by atoms with Gasteiger partial charge >= 0.3 is 0 Å². The highest BCUT2D eigenvalue weighted by atomic mass is 16.3. The molecule has 23 heavy (non-hydrogen) atoms. The number of aryl methyl sites for hydroxylation is 1. The fraction of sp³-hybridized carbons (Fsp3) is 0.333. The molecule has 2 heterocycles. The Morgan fingerprint density at radius 3 is 2.52 bits per heavy atom. The lowest BCUT2D eigenvalue weighted by Gasteiger charge is -2.29. The zero-order valence-corrected chi connectivity index (χ0v) is 13.1. The summed E-state index contributed by atoms with van der Waals surface area (Å²) in [6.07, 6.45) is 0.762. The molecule has 1 aromatic carbocycles. The summed E-state index contributed by atoms with van der Waals surface area (Å²) in [4.78, 5) is 29.3. The molecule has 0 radical (unpaired) electrons. The van der Waals surface area contributed by atoms with Gasteiger partial charge in [0, 0.05) is 24.3 Å². The van der Waals surface area contributed by atoms with Crippen molar-refractivity contribution in [1.82, 2.24) is 9.88 Å². The molecule has 1 aliphatic heterocycles. The zero-order valence-electron chi connectivity index (χ0n) is 13.1. The standard InChI is InChI=1S/C18H20N2O3/c1-12-15(13-5-3-2-4-6-13)11-16(17(22)19-12)18(23)20-9-7-14(21)8-10-20/h2-6,11,14,21H,7-10H2,1H3,(H,19,22). The third kappa shape index (κ3) is 3.19. The van der Waals surface area contributed by atoms with E-state index in [4.69, 9.17) is 0 Å². The number of pyridine rings is 1. The lowest BCUT2D eigenvalue weighted by atomic mass is 10.0. The molecule has 0 aliphatic carbocycles. The molecular formula is C18H20N2O3. The van der Waals surface area contributed by atoms with Crippen LogP contribution in [0.1, 0.15) is 28.9 Å². The van der Waals surface area contributed by atoms with E-state index >= 15 is 0 Å². The second kappa shape index (κ2) is 6.38. The van der Waals surface area contributed by atoms with Crippen molar-refractivity contribution in [2.24, 2.45) is 0 Å². The summed E-state index contributed by atoms with van der Waals surface area (Å²) < 4.78 is 0. The molecule has 120 valence electrons. The average molecular weight is 312 g/mol. The highest BCUT2D eigenvalue weighted by molar-refractivity contribution is 5.95. The van der Waals surface area contributed by atoms with E-state index in [9.17, 15) is 14.7 Å². The van der Waals surface area contributed by atoms with Crippen molar-refractivity contribution in [3.05, 3.63) is 58.0 Å². The number of nitrogens with zero attached hydrogens (tertiary/aromatic N) is 1. The van der Waals surface area contributed by atoms with Crippen molar-refractivity contribution in [2.45, 2.75) is 25.9 Å². The summed E-state index contributed by atoms with van der Waals surface area (Å²) >= 11 is 0. The molecule has 5 heteroatoms. The van der Waals surface area contributed by atoms with Crippen LogP contribution >= 0.6 is 0 Å². The normalized spacial score (nSPS) is 15.7. The van der Waals surface area contributed by atoms with Gasteiger partial charge in [-0.25, -0.2) is 0 Å². The first-order chi connectivity index (χ1) is 11.1. The van der Waals surface area contributed by atoms with Crippen LogP contribution < -0.4 is 5.56 Å². The van der Waals surface area contributed by atoms with E-state index in [0.29, 0.717) is 25.9 Å². The molecule has 1 aliphatic rings. The van der Waals surface area contributed by atoms with Gasteiger partial charge in [0.15, 0.2) is 0 Å². The Balaban J connectivity index is 1.96. The molecule has 0 bridgehead atoms. The third-order valence-corrected chi connectivity index (χ3v) is 4.31. The number of rotatable bonds is 2. The maximum Gasteiger partial charge on any atom is 0.261 e. The summed E-state index contributed by atoms with van der Waals surface area (Å²) in [6.45, 7) is 2.79. The van der Waals surface area contributed by atoms with Gasteiger partial charge in [-0.1, -0.05) is 30.3 Å². The summed E-state index contributed by atoms with van der Waals surface area (Å²) in [5.74, 6) is -0.268. The molecule has 3 rings (SSSR count). The predicted molar refractivity (Wildman–Crippen MR) is 88.4 cm³/mol. The Kier molecular flexibility index (Phi) is 4.30. The molecule has 0 atom stereocenters. The minimum Gasteiger partial charge on any atom is -0.393 e. The molecule has 1 amide bonds. The molecule has 0 unspecified atom stereocenters. The van der Waals surface area contributed by atoms with Gasteiger partial charge in [0.2, 0.25) is 0 Å². The van der Waals surface area contributed by atoms with Gasteiger partial charge in [-0.05, 0) is 31.4 Å². The van der Waals surface area contributed by atoms with Gasteiger partial charge in [0.1, 0.15) is 5.56 Å². The Morgan fingerprint density at radius 1 is 1.22 bits per heavy atom. The van der Waals surface area contributed by atoms with Gasteiger partial charge < -0.3 is 15.0 Å². The van der Waals surface area contributed by atoms with Crippen LogP contribution in [0, 0.1) is 6.92 Å². The third-order valence-electron chi connectivity index (χ3n) is 4.31.